The normalized spacial score (nSPS) is 21.4. The van der Waals surface area contributed by atoms with Crippen molar-refractivity contribution in [2.24, 2.45) is 0 Å². The fraction of sp³-hybridized carbons (Fsp3) is 0.646. The molecule has 0 aromatic carbocycles. The average molecular weight is 799 g/mol. The second-order valence-corrected chi connectivity index (χ2v) is 14.4. The van der Waals surface area contributed by atoms with E-state index in [1.807, 2.05) is 0 Å². The Bertz CT molecular complexity index is 1180. The van der Waals surface area contributed by atoms with Gasteiger partial charge in [-0.15, -0.1) is 0 Å². The van der Waals surface area contributed by atoms with Crippen molar-refractivity contribution in [2.75, 3.05) is 26.4 Å². The van der Waals surface area contributed by atoms with Gasteiger partial charge in [0, 0.05) is 13.0 Å². The van der Waals surface area contributed by atoms with E-state index in [4.69, 9.17) is 18.9 Å². The van der Waals surface area contributed by atoms with Crippen LogP contribution in [0.3, 0.4) is 0 Å². The Balaban J connectivity index is 2.32. The predicted molar refractivity (Wildman–Crippen MR) is 233 cm³/mol. The van der Waals surface area contributed by atoms with Crippen LogP contribution in [0.2, 0.25) is 0 Å². The summed E-state index contributed by atoms with van der Waals surface area (Å²) in [6, 6.07) is 0. The molecular weight excluding hydrogens is 721 g/mol. The highest BCUT2D eigenvalue weighted by molar-refractivity contribution is 5.69. The fourth-order valence-corrected chi connectivity index (χ4v) is 5.83. The molecule has 1 aliphatic heterocycles. The van der Waals surface area contributed by atoms with Gasteiger partial charge in [0.05, 0.1) is 19.8 Å². The molecule has 4 N–H and O–H groups in total. The van der Waals surface area contributed by atoms with Crippen LogP contribution in [0, 0.1) is 0 Å². The fourth-order valence-electron chi connectivity index (χ4n) is 5.83. The number of carbonyl (C=O) groups is 1. The van der Waals surface area contributed by atoms with E-state index in [9.17, 15) is 25.2 Å². The quantitative estimate of drug-likeness (QED) is 0.0281. The molecule has 1 saturated heterocycles. The van der Waals surface area contributed by atoms with E-state index in [-0.39, 0.29) is 25.6 Å². The van der Waals surface area contributed by atoms with Gasteiger partial charge in [-0.05, 0) is 83.5 Å². The number of aliphatic hydroxyl groups excluding tert-OH is 4. The van der Waals surface area contributed by atoms with E-state index >= 15 is 0 Å². The minimum atomic E-state index is -1.55. The van der Waals surface area contributed by atoms with Crippen molar-refractivity contribution in [3.8, 4) is 0 Å². The molecule has 1 fully saturated rings. The Hall–Kier alpha value is -2.89. The van der Waals surface area contributed by atoms with E-state index in [2.05, 4.69) is 111 Å². The summed E-state index contributed by atoms with van der Waals surface area (Å²) < 4.78 is 22.7. The first-order valence-corrected chi connectivity index (χ1v) is 21.8. The summed E-state index contributed by atoms with van der Waals surface area (Å²) in [7, 11) is 0. The molecule has 57 heavy (non-hydrogen) atoms. The lowest BCUT2D eigenvalue weighted by molar-refractivity contribution is -0.305. The first kappa shape index (κ1) is 52.1. The van der Waals surface area contributed by atoms with Crippen LogP contribution in [0.15, 0.2) is 97.2 Å². The van der Waals surface area contributed by atoms with Crippen LogP contribution in [0.4, 0.5) is 0 Å². The molecular formula is C48H78O9. The zero-order valence-corrected chi connectivity index (χ0v) is 35.3. The summed E-state index contributed by atoms with van der Waals surface area (Å²) >= 11 is 0. The minimum Gasteiger partial charge on any atom is -0.457 e. The third-order valence-corrected chi connectivity index (χ3v) is 9.22. The number of rotatable bonds is 35. The highest BCUT2D eigenvalue weighted by Crippen LogP contribution is 2.22. The van der Waals surface area contributed by atoms with Gasteiger partial charge in [0.15, 0.2) is 6.29 Å². The van der Waals surface area contributed by atoms with E-state index in [1.54, 1.807) is 0 Å². The SMILES string of the molecule is CC/C=C\C/C=C\C/C=C\C/C=C\C/C=C\C/C=C\C/C=C\CCCC(=O)OC(COCCCCCCCC/C=C\CCC)COC1OC(CO)C(O)C(O)C1O. The topological polar surface area (TPSA) is 135 Å². The van der Waals surface area contributed by atoms with Crippen molar-refractivity contribution in [1.82, 2.24) is 0 Å². The molecule has 1 heterocycles. The van der Waals surface area contributed by atoms with Gasteiger partial charge in [0.1, 0.15) is 30.5 Å². The Morgan fingerprint density at radius 1 is 0.579 bits per heavy atom. The largest absolute Gasteiger partial charge is 0.457 e. The van der Waals surface area contributed by atoms with Crippen LogP contribution in [0.1, 0.15) is 136 Å². The minimum absolute atomic E-state index is 0.110. The van der Waals surface area contributed by atoms with E-state index in [1.165, 1.54) is 25.7 Å². The molecule has 9 nitrogen and oxygen atoms in total. The van der Waals surface area contributed by atoms with Gasteiger partial charge < -0.3 is 39.4 Å². The molecule has 0 spiro atoms. The third-order valence-electron chi connectivity index (χ3n) is 9.22. The maximum Gasteiger partial charge on any atom is 0.306 e. The highest BCUT2D eigenvalue weighted by Gasteiger charge is 2.44. The van der Waals surface area contributed by atoms with E-state index in [0.717, 1.165) is 83.5 Å². The molecule has 0 radical (unpaired) electrons. The molecule has 0 bridgehead atoms. The smallest absolute Gasteiger partial charge is 0.306 e. The maximum absolute atomic E-state index is 12.7. The van der Waals surface area contributed by atoms with Gasteiger partial charge in [0.25, 0.3) is 0 Å². The molecule has 9 heteroatoms. The van der Waals surface area contributed by atoms with Crippen LogP contribution in [-0.2, 0) is 23.7 Å². The van der Waals surface area contributed by atoms with Crippen molar-refractivity contribution in [3.05, 3.63) is 97.2 Å². The first-order valence-electron chi connectivity index (χ1n) is 21.8. The summed E-state index contributed by atoms with van der Waals surface area (Å²) in [5.41, 5.74) is 0. The van der Waals surface area contributed by atoms with Crippen molar-refractivity contribution >= 4 is 5.97 Å². The lowest BCUT2D eigenvalue weighted by Crippen LogP contribution is -2.59. The summed E-state index contributed by atoms with van der Waals surface area (Å²) in [5.74, 6) is -0.379. The molecule has 6 atom stereocenters. The second kappa shape index (κ2) is 38.6. The predicted octanol–water partition coefficient (Wildman–Crippen LogP) is 9.63. The number of hydrogen-bond acceptors (Lipinski definition) is 9. The Kier molecular flexibility index (Phi) is 35.3. The van der Waals surface area contributed by atoms with Crippen LogP contribution in [0.5, 0.6) is 0 Å². The van der Waals surface area contributed by atoms with Gasteiger partial charge in [-0.25, -0.2) is 0 Å². The number of carbonyl (C=O) groups excluding carboxylic acids is 1. The number of ether oxygens (including phenoxy) is 4. The number of hydrogen-bond donors (Lipinski definition) is 4. The van der Waals surface area contributed by atoms with E-state index < -0.39 is 43.4 Å². The summed E-state index contributed by atoms with van der Waals surface area (Å²) in [4.78, 5) is 12.7. The summed E-state index contributed by atoms with van der Waals surface area (Å²) in [5, 5.41) is 40.0. The van der Waals surface area contributed by atoms with Crippen LogP contribution >= 0.6 is 0 Å². The Morgan fingerprint density at radius 3 is 1.63 bits per heavy atom. The molecule has 0 aliphatic carbocycles. The first-order chi connectivity index (χ1) is 27.9. The molecule has 324 valence electrons. The van der Waals surface area contributed by atoms with Crippen molar-refractivity contribution in [1.29, 1.82) is 0 Å². The second-order valence-electron chi connectivity index (χ2n) is 14.4. The number of esters is 1. The van der Waals surface area contributed by atoms with Crippen LogP contribution in [0.25, 0.3) is 0 Å². The zero-order valence-electron chi connectivity index (χ0n) is 35.3. The van der Waals surface area contributed by atoms with Crippen molar-refractivity contribution in [2.45, 2.75) is 173 Å². The number of allylic oxidation sites excluding steroid dienone is 16. The van der Waals surface area contributed by atoms with Gasteiger partial charge in [-0.2, -0.15) is 0 Å². The summed E-state index contributed by atoms with van der Waals surface area (Å²) in [6.45, 7) is 4.27. The molecule has 0 saturated carbocycles. The monoisotopic (exact) mass is 799 g/mol. The lowest BCUT2D eigenvalue weighted by Gasteiger charge is -2.39. The molecule has 0 amide bonds. The molecule has 0 aromatic heterocycles. The average Bonchev–Trinajstić information content (AvgIpc) is 3.21. The van der Waals surface area contributed by atoms with Gasteiger partial charge in [-0.3, -0.25) is 4.79 Å². The number of unbranched alkanes of at least 4 members (excludes halogenated alkanes) is 8. The lowest BCUT2D eigenvalue weighted by atomic mass is 9.99. The van der Waals surface area contributed by atoms with Gasteiger partial charge >= 0.3 is 5.97 Å². The summed E-state index contributed by atoms with van der Waals surface area (Å²) in [6.07, 6.45) is 45.8. The van der Waals surface area contributed by atoms with E-state index in [0.29, 0.717) is 13.0 Å². The van der Waals surface area contributed by atoms with Gasteiger partial charge in [0.2, 0.25) is 0 Å². The molecule has 0 aromatic rings. The Morgan fingerprint density at radius 2 is 1.07 bits per heavy atom. The van der Waals surface area contributed by atoms with Crippen molar-refractivity contribution in [3.63, 3.8) is 0 Å². The Labute approximate surface area is 345 Å². The molecule has 1 aliphatic rings. The third kappa shape index (κ3) is 29.9. The zero-order chi connectivity index (χ0) is 41.4. The highest BCUT2D eigenvalue weighted by atomic mass is 16.7. The van der Waals surface area contributed by atoms with Crippen molar-refractivity contribution < 1.29 is 44.2 Å². The van der Waals surface area contributed by atoms with Crippen LogP contribution in [-0.4, -0.2) is 89.6 Å². The van der Waals surface area contributed by atoms with Gasteiger partial charge in [-0.1, -0.05) is 143 Å². The van der Waals surface area contributed by atoms with Crippen LogP contribution < -0.4 is 0 Å². The maximum atomic E-state index is 12.7. The standard InChI is InChI=1S/C48H78O9/c1-3-5-7-9-11-13-15-16-17-18-19-20-21-22-23-24-25-26-27-29-31-33-35-37-44(50)56-42(41-55-48-47(53)46(52)45(51)43(39-49)57-48)40-54-38-36-34-32-30-28-14-12-10-8-6-4-2/h5,7-8,10-11,13,16-17,19-20,22-23,25-26,29,31,42-43,45-49,51-53H,3-4,6,9,12,14-15,18,21,24,27-28,30,32-41H2,1-2H3/b7-5-,10-8-,13-11-,17-16-,20-19-,23-22-,26-25-,31-29-. The molecule has 1 rings (SSSR count). The molecule has 6 unspecified atom stereocenters. The number of aliphatic hydroxyl groups is 4.